The molecule has 0 aromatic carbocycles. The average molecular weight is 453 g/mol. The van der Waals surface area contributed by atoms with Crippen LogP contribution in [0.1, 0.15) is 41.0 Å². The molecule has 0 spiro atoms. The van der Waals surface area contributed by atoms with Crippen LogP contribution in [0.3, 0.4) is 0 Å². The van der Waals surface area contributed by atoms with Crippen LogP contribution in [0, 0.1) is 5.92 Å². The summed E-state index contributed by atoms with van der Waals surface area (Å²) in [6.45, 7) is 16.7. The monoisotopic (exact) mass is 453 g/mol. The molecule has 142 valence electrons. The third kappa shape index (κ3) is 7.55. The van der Waals surface area contributed by atoms with Gasteiger partial charge in [0.05, 0.1) is 6.54 Å². The molecule has 1 amide bonds. The summed E-state index contributed by atoms with van der Waals surface area (Å²) in [4.78, 5) is 21.1. The molecular formula is C17H36IN5O. The van der Waals surface area contributed by atoms with Crippen molar-refractivity contribution in [1.29, 1.82) is 0 Å². The highest BCUT2D eigenvalue weighted by Gasteiger charge is 2.27. The van der Waals surface area contributed by atoms with Gasteiger partial charge in [0.2, 0.25) is 5.91 Å². The second-order valence-electron chi connectivity index (χ2n) is 6.29. The minimum Gasteiger partial charge on any atom is -0.357 e. The zero-order valence-corrected chi connectivity index (χ0v) is 18.3. The lowest BCUT2D eigenvalue weighted by Gasteiger charge is -2.27. The molecule has 1 fully saturated rings. The van der Waals surface area contributed by atoms with E-state index in [9.17, 15) is 4.79 Å². The van der Waals surface area contributed by atoms with Crippen molar-refractivity contribution in [3.05, 3.63) is 0 Å². The Balaban J connectivity index is 0.00000529. The molecule has 7 heteroatoms. The first-order chi connectivity index (χ1) is 11.0. The number of hydrogen-bond acceptors (Lipinski definition) is 3. The molecule has 1 aliphatic rings. The number of amides is 1. The molecule has 0 aromatic heterocycles. The maximum absolute atomic E-state index is 11.6. The third-order valence-electron chi connectivity index (χ3n) is 4.32. The Labute approximate surface area is 164 Å². The number of nitrogens with one attached hydrogen (secondary N) is 2. The van der Waals surface area contributed by atoms with Crippen LogP contribution in [0.25, 0.3) is 0 Å². The van der Waals surface area contributed by atoms with E-state index in [0.717, 1.165) is 38.7 Å². The maximum Gasteiger partial charge on any atom is 0.222 e. The van der Waals surface area contributed by atoms with E-state index < -0.39 is 0 Å². The number of aliphatic imine (C=N–C) groups is 1. The van der Waals surface area contributed by atoms with Crippen molar-refractivity contribution in [2.45, 2.75) is 47.1 Å². The number of halogens is 1. The second kappa shape index (κ2) is 12.7. The van der Waals surface area contributed by atoms with Crippen molar-refractivity contribution in [3.8, 4) is 0 Å². The van der Waals surface area contributed by atoms with E-state index in [0.29, 0.717) is 19.1 Å². The van der Waals surface area contributed by atoms with Crippen molar-refractivity contribution < 1.29 is 4.79 Å². The van der Waals surface area contributed by atoms with Crippen molar-refractivity contribution in [1.82, 2.24) is 20.4 Å². The Morgan fingerprint density at radius 3 is 2.46 bits per heavy atom. The smallest absolute Gasteiger partial charge is 0.222 e. The van der Waals surface area contributed by atoms with Gasteiger partial charge in [-0.15, -0.1) is 24.0 Å². The van der Waals surface area contributed by atoms with Gasteiger partial charge in [0.15, 0.2) is 5.96 Å². The molecule has 1 heterocycles. The summed E-state index contributed by atoms with van der Waals surface area (Å²) in [5.41, 5.74) is 0. The largest absolute Gasteiger partial charge is 0.357 e. The summed E-state index contributed by atoms with van der Waals surface area (Å²) in [6, 6.07) is 0.620. The first-order valence-electron chi connectivity index (χ1n) is 9.08. The molecule has 1 unspecified atom stereocenters. The second-order valence-corrected chi connectivity index (χ2v) is 6.29. The summed E-state index contributed by atoms with van der Waals surface area (Å²) in [7, 11) is 0. The lowest BCUT2D eigenvalue weighted by atomic mass is 10.2. The van der Waals surface area contributed by atoms with E-state index in [1.807, 2.05) is 13.8 Å². The number of hydrogen-bond donors (Lipinski definition) is 2. The average Bonchev–Trinajstić information content (AvgIpc) is 3.01. The number of carbonyl (C=O) groups excluding carboxylic acids is 1. The van der Waals surface area contributed by atoms with Gasteiger partial charge >= 0.3 is 0 Å². The van der Waals surface area contributed by atoms with E-state index >= 15 is 0 Å². The molecule has 6 nitrogen and oxygen atoms in total. The molecule has 0 bridgehead atoms. The fourth-order valence-corrected chi connectivity index (χ4v) is 2.94. The Hall–Kier alpha value is -0.570. The first-order valence-corrected chi connectivity index (χ1v) is 9.08. The van der Waals surface area contributed by atoms with E-state index in [4.69, 9.17) is 0 Å². The normalized spacial score (nSPS) is 18.0. The van der Waals surface area contributed by atoms with E-state index in [2.05, 4.69) is 46.2 Å². The molecule has 0 aromatic rings. The van der Waals surface area contributed by atoms with Crippen molar-refractivity contribution in [2.24, 2.45) is 10.9 Å². The Bertz CT molecular complexity index is 385. The highest BCUT2D eigenvalue weighted by Crippen LogP contribution is 2.15. The van der Waals surface area contributed by atoms with Crippen molar-refractivity contribution in [3.63, 3.8) is 0 Å². The fraction of sp³-hybridized carbons (Fsp3) is 0.882. The van der Waals surface area contributed by atoms with Crippen LogP contribution in [0.15, 0.2) is 4.99 Å². The van der Waals surface area contributed by atoms with Crippen LogP contribution in [0.2, 0.25) is 0 Å². The predicted molar refractivity (Wildman–Crippen MR) is 112 cm³/mol. The SMILES string of the molecule is CCNC(=NCCNC(=O)C(C)C)N1CCC(N(CC)CC)C1.I. The lowest BCUT2D eigenvalue weighted by molar-refractivity contribution is -0.123. The summed E-state index contributed by atoms with van der Waals surface area (Å²) in [6.07, 6.45) is 1.19. The Morgan fingerprint density at radius 2 is 1.92 bits per heavy atom. The van der Waals surface area contributed by atoms with Crippen LogP contribution in [-0.4, -0.2) is 73.5 Å². The summed E-state index contributed by atoms with van der Waals surface area (Å²) in [5, 5.41) is 6.29. The Morgan fingerprint density at radius 1 is 1.25 bits per heavy atom. The van der Waals surface area contributed by atoms with Crippen molar-refractivity contribution in [2.75, 3.05) is 45.8 Å². The fourth-order valence-electron chi connectivity index (χ4n) is 2.94. The number of likely N-dealkylation sites (N-methyl/N-ethyl adjacent to an activating group) is 1. The zero-order chi connectivity index (χ0) is 17.2. The summed E-state index contributed by atoms with van der Waals surface area (Å²) in [5.74, 6) is 1.09. The topological polar surface area (TPSA) is 60.0 Å². The first kappa shape index (κ1) is 23.4. The van der Waals surface area contributed by atoms with Gasteiger partial charge < -0.3 is 15.5 Å². The summed E-state index contributed by atoms with van der Waals surface area (Å²) >= 11 is 0. The zero-order valence-electron chi connectivity index (χ0n) is 16.0. The van der Waals surface area contributed by atoms with Crippen LogP contribution in [0.4, 0.5) is 0 Å². The minimum absolute atomic E-state index is 0. The van der Waals surface area contributed by atoms with Gasteiger partial charge in [0, 0.05) is 38.1 Å². The van der Waals surface area contributed by atoms with Gasteiger partial charge in [-0.25, -0.2) is 0 Å². The van der Waals surface area contributed by atoms with Gasteiger partial charge in [-0.1, -0.05) is 27.7 Å². The van der Waals surface area contributed by atoms with Crippen LogP contribution in [0.5, 0.6) is 0 Å². The molecular weight excluding hydrogens is 417 g/mol. The van der Waals surface area contributed by atoms with Gasteiger partial charge in [0.25, 0.3) is 0 Å². The highest BCUT2D eigenvalue weighted by molar-refractivity contribution is 14.0. The quantitative estimate of drug-likeness (QED) is 0.255. The van der Waals surface area contributed by atoms with Gasteiger partial charge in [-0.2, -0.15) is 0 Å². The van der Waals surface area contributed by atoms with Crippen LogP contribution in [-0.2, 0) is 4.79 Å². The molecule has 1 aliphatic heterocycles. The molecule has 1 rings (SSSR count). The number of likely N-dealkylation sites (tertiary alicyclic amines) is 1. The standard InChI is InChI=1S/C17H35N5O.HI/c1-6-18-17(20-11-10-19-16(23)14(4)5)22-12-9-15(13-22)21(7-2)8-3;/h14-15H,6-13H2,1-5H3,(H,18,20)(H,19,23);1H. The predicted octanol–water partition coefficient (Wildman–Crippen LogP) is 1.76. The molecule has 0 aliphatic carbocycles. The van der Waals surface area contributed by atoms with E-state index in [-0.39, 0.29) is 35.8 Å². The van der Waals surface area contributed by atoms with Gasteiger partial charge in [-0.3, -0.25) is 14.7 Å². The van der Waals surface area contributed by atoms with E-state index in [1.165, 1.54) is 6.42 Å². The lowest BCUT2D eigenvalue weighted by Crippen LogP contribution is -2.43. The summed E-state index contributed by atoms with van der Waals surface area (Å²) < 4.78 is 0. The molecule has 1 atom stereocenters. The third-order valence-corrected chi connectivity index (χ3v) is 4.32. The number of guanidine groups is 1. The maximum atomic E-state index is 11.6. The molecule has 2 N–H and O–H groups in total. The number of nitrogens with zero attached hydrogens (tertiary/aromatic N) is 3. The molecule has 0 saturated carbocycles. The molecule has 0 radical (unpaired) electrons. The highest BCUT2D eigenvalue weighted by atomic mass is 127. The van der Waals surface area contributed by atoms with Gasteiger partial charge in [0.1, 0.15) is 0 Å². The van der Waals surface area contributed by atoms with E-state index in [1.54, 1.807) is 0 Å². The number of rotatable bonds is 8. The number of carbonyl (C=O) groups is 1. The van der Waals surface area contributed by atoms with Crippen LogP contribution < -0.4 is 10.6 Å². The van der Waals surface area contributed by atoms with Crippen molar-refractivity contribution >= 4 is 35.8 Å². The molecule has 1 saturated heterocycles. The Kier molecular flexibility index (Phi) is 12.4. The van der Waals surface area contributed by atoms with Gasteiger partial charge in [-0.05, 0) is 26.4 Å². The minimum atomic E-state index is 0. The van der Waals surface area contributed by atoms with Crippen LogP contribution >= 0.6 is 24.0 Å². The molecule has 24 heavy (non-hydrogen) atoms.